The SMILES string of the molecule is CCOC(=[Se])Cc1c(C=O)oc2ccccc12. The van der Waals surface area contributed by atoms with E-state index < -0.39 is 0 Å². The van der Waals surface area contributed by atoms with Crippen molar-refractivity contribution in [2.45, 2.75) is 13.3 Å². The molecule has 1 aromatic carbocycles. The van der Waals surface area contributed by atoms with Gasteiger partial charge in [0, 0.05) is 0 Å². The second-order valence-electron chi connectivity index (χ2n) is 3.54. The Morgan fingerprint density at radius 3 is 2.94 bits per heavy atom. The molecule has 0 bridgehead atoms. The summed E-state index contributed by atoms with van der Waals surface area (Å²) in [5.74, 6) is 0.374. The second-order valence-corrected chi connectivity index (χ2v) is 4.50. The quantitative estimate of drug-likeness (QED) is 0.626. The van der Waals surface area contributed by atoms with Gasteiger partial charge in [0.1, 0.15) is 0 Å². The fourth-order valence-corrected chi connectivity index (χ4v) is 2.30. The summed E-state index contributed by atoms with van der Waals surface area (Å²) in [6, 6.07) is 7.61. The molecule has 0 amide bonds. The molecule has 17 heavy (non-hydrogen) atoms. The number of carbonyl (C=O) groups excluding carboxylic acids is 1. The van der Waals surface area contributed by atoms with E-state index in [-0.39, 0.29) is 0 Å². The van der Waals surface area contributed by atoms with E-state index in [1.165, 1.54) is 0 Å². The molecule has 0 N–H and O–H groups in total. The molecule has 3 nitrogen and oxygen atoms in total. The van der Waals surface area contributed by atoms with Crippen molar-refractivity contribution in [3.63, 3.8) is 0 Å². The molecule has 0 aliphatic heterocycles. The first kappa shape index (κ1) is 12.1. The van der Waals surface area contributed by atoms with E-state index in [1.54, 1.807) is 0 Å². The van der Waals surface area contributed by atoms with Gasteiger partial charge in [0.2, 0.25) is 0 Å². The van der Waals surface area contributed by atoms with Gasteiger partial charge in [-0.05, 0) is 0 Å². The van der Waals surface area contributed by atoms with Crippen LogP contribution in [0.2, 0.25) is 0 Å². The molecule has 1 aromatic heterocycles. The van der Waals surface area contributed by atoms with E-state index in [4.69, 9.17) is 9.15 Å². The van der Waals surface area contributed by atoms with Gasteiger partial charge >= 0.3 is 107 Å². The molecule has 2 rings (SSSR count). The van der Waals surface area contributed by atoms with Crippen LogP contribution < -0.4 is 0 Å². The first-order valence-electron chi connectivity index (χ1n) is 5.37. The Hall–Kier alpha value is -1.38. The predicted molar refractivity (Wildman–Crippen MR) is 67.7 cm³/mol. The summed E-state index contributed by atoms with van der Waals surface area (Å²) in [6.45, 7) is 2.53. The number of ether oxygens (including phenoxy) is 1. The number of hydrogen-bond donors (Lipinski definition) is 0. The van der Waals surface area contributed by atoms with Crippen LogP contribution >= 0.6 is 0 Å². The van der Waals surface area contributed by atoms with Crippen LogP contribution in [0.15, 0.2) is 28.7 Å². The van der Waals surface area contributed by atoms with Crippen molar-refractivity contribution < 1.29 is 13.9 Å². The number of furan rings is 1. The zero-order valence-corrected chi connectivity index (χ0v) is 11.1. The van der Waals surface area contributed by atoms with Crippen molar-refractivity contribution in [1.29, 1.82) is 0 Å². The predicted octanol–water partition coefficient (Wildman–Crippen LogP) is 2.12. The van der Waals surface area contributed by atoms with Crippen LogP contribution in [0.3, 0.4) is 0 Å². The summed E-state index contributed by atoms with van der Waals surface area (Å²) in [5, 5.41) is 0.960. The van der Waals surface area contributed by atoms with Crippen LogP contribution in [0.5, 0.6) is 0 Å². The minimum absolute atomic E-state index is 0.374. The maximum atomic E-state index is 11.0. The van der Waals surface area contributed by atoms with Crippen molar-refractivity contribution in [3.8, 4) is 0 Å². The number of fused-ring (bicyclic) bond motifs is 1. The van der Waals surface area contributed by atoms with E-state index in [1.807, 2.05) is 31.2 Å². The van der Waals surface area contributed by atoms with Gasteiger partial charge in [0.25, 0.3) is 0 Å². The van der Waals surface area contributed by atoms with Crippen LogP contribution in [-0.4, -0.2) is 33.1 Å². The van der Waals surface area contributed by atoms with E-state index in [9.17, 15) is 4.79 Å². The molecule has 0 unspecified atom stereocenters. The molecular formula is C13H12O3Se. The Morgan fingerprint density at radius 2 is 2.24 bits per heavy atom. The van der Waals surface area contributed by atoms with Gasteiger partial charge in [-0.3, -0.25) is 0 Å². The van der Waals surface area contributed by atoms with Crippen LogP contribution in [0.4, 0.5) is 0 Å². The van der Waals surface area contributed by atoms with Gasteiger partial charge in [-0.1, -0.05) is 0 Å². The fraction of sp³-hybridized carbons (Fsp3) is 0.231. The van der Waals surface area contributed by atoms with Crippen molar-refractivity contribution >= 4 is 37.4 Å². The first-order valence-corrected chi connectivity index (χ1v) is 6.23. The molecule has 0 spiro atoms. The van der Waals surface area contributed by atoms with Crippen molar-refractivity contribution in [3.05, 3.63) is 35.6 Å². The molecule has 0 atom stereocenters. The summed E-state index contributed by atoms with van der Waals surface area (Å²) in [6.07, 6.45) is 1.30. The molecule has 4 heteroatoms. The van der Waals surface area contributed by atoms with Gasteiger partial charge in [0.05, 0.1) is 0 Å². The topological polar surface area (TPSA) is 39.4 Å². The van der Waals surface area contributed by atoms with Crippen molar-refractivity contribution in [2.24, 2.45) is 0 Å². The Kier molecular flexibility index (Phi) is 3.77. The van der Waals surface area contributed by atoms with E-state index >= 15 is 0 Å². The monoisotopic (exact) mass is 296 g/mol. The average Bonchev–Trinajstić information content (AvgIpc) is 2.68. The minimum atomic E-state index is 0.374. The van der Waals surface area contributed by atoms with Crippen LogP contribution in [0.1, 0.15) is 23.0 Å². The molecule has 0 aliphatic rings. The third kappa shape index (κ3) is 2.48. The number of hydrogen-bond acceptors (Lipinski definition) is 3. The number of benzene rings is 1. The van der Waals surface area contributed by atoms with Crippen LogP contribution in [0, 0.1) is 0 Å². The third-order valence-electron chi connectivity index (χ3n) is 2.46. The second kappa shape index (κ2) is 5.30. The van der Waals surface area contributed by atoms with E-state index in [2.05, 4.69) is 15.6 Å². The molecular weight excluding hydrogens is 283 g/mol. The number of para-hydroxylation sites is 1. The molecule has 0 fully saturated rings. The summed E-state index contributed by atoms with van der Waals surface area (Å²) < 4.78 is 11.6. The fourth-order valence-electron chi connectivity index (χ4n) is 1.75. The molecule has 2 aromatic rings. The summed E-state index contributed by atoms with van der Waals surface area (Å²) in [5.41, 5.74) is 1.60. The molecule has 0 aliphatic carbocycles. The standard InChI is InChI=1S/C13H12O3Se/c1-2-15-13(17)7-10-9-5-3-4-6-11(9)16-12(10)8-14/h3-6,8H,2,7H2,1H3. The Morgan fingerprint density at radius 1 is 1.47 bits per heavy atom. The van der Waals surface area contributed by atoms with Crippen molar-refractivity contribution in [2.75, 3.05) is 6.61 Å². The molecule has 88 valence electrons. The summed E-state index contributed by atoms with van der Waals surface area (Å²) in [4.78, 5) is 11.0. The summed E-state index contributed by atoms with van der Waals surface area (Å²) >= 11 is 2.87. The molecule has 0 saturated heterocycles. The Labute approximate surface area is 107 Å². The average molecular weight is 295 g/mol. The first-order chi connectivity index (χ1) is 8.26. The van der Waals surface area contributed by atoms with Crippen molar-refractivity contribution in [1.82, 2.24) is 0 Å². The zero-order valence-electron chi connectivity index (χ0n) is 9.43. The van der Waals surface area contributed by atoms with Gasteiger partial charge in [-0.15, -0.1) is 0 Å². The van der Waals surface area contributed by atoms with Crippen LogP contribution in [0.25, 0.3) is 11.0 Å². The van der Waals surface area contributed by atoms with Gasteiger partial charge in [-0.25, -0.2) is 0 Å². The zero-order chi connectivity index (χ0) is 12.3. The van der Waals surface area contributed by atoms with Gasteiger partial charge in [-0.2, -0.15) is 0 Å². The Bertz CT molecular complexity index is 557. The molecule has 1 heterocycles. The number of carbonyl (C=O) groups is 1. The molecule has 0 radical (unpaired) electrons. The molecule has 0 saturated carbocycles. The maximum absolute atomic E-state index is 11.0. The van der Waals surface area contributed by atoms with Gasteiger partial charge < -0.3 is 0 Å². The normalized spacial score (nSPS) is 10.4. The van der Waals surface area contributed by atoms with E-state index in [0.29, 0.717) is 18.8 Å². The third-order valence-corrected chi connectivity index (χ3v) is 3.01. The number of aldehydes is 1. The van der Waals surface area contributed by atoms with E-state index in [0.717, 1.165) is 27.4 Å². The van der Waals surface area contributed by atoms with Crippen LogP contribution in [-0.2, 0) is 11.2 Å². The summed E-state index contributed by atoms with van der Waals surface area (Å²) in [7, 11) is 0. The number of rotatable bonds is 5. The Balaban J connectivity index is 2.43. The van der Waals surface area contributed by atoms with Gasteiger partial charge in [0.15, 0.2) is 0 Å².